The Morgan fingerprint density at radius 1 is 1.16 bits per heavy atom. The van der Waals surface area contributed by atoms with Crippen LogP contribution in [0.5, 0.6) is 0 Å². The van der Waals surface area contributed by atoms with Crippen molar-refractivity contribution in [2.75, 3.05) is 0 Å². The van der Waals surface area contributed by atoms with Crippen molar-refractivity contribution in [1.29, 1.82) is 0 Å². The Kier molecular flexibility index (Phi) is 5.00. The average molecular weight is 258 g/mol. The predicted octanol–water partition coefficient (Wildman–Crippen LogP) is 5.13. The van der Waals surface area contributed by atoms with Crippen LogP contribution < -0.4 is 0 Å². The van der Waals surface area contributed by atoms with Gasteiger partial charge in [-0.3, -0.25) is 4.68 Å². The third-order valence-electron chi connectivity index (χ3n) is 3.99. The Morgan fingerprint density at radius 3 is 2.74 bits per heavy atom. The molecule has 2 aromatic rings. The van der Waals surface area contributed by atoms with Crippen LogP contribution in [0.2, 0.25) is 0 Å². The third kappa shape index (κ3) is 3.37. The second-order valence-electron chi connectivity index (χ2n) is 5.55. The van der Waals surface area contributed by atoms with Gasteiger partial charge in [-0.2, -0.15) is 5.10 Å². The van der Waals surface area contributed by atoms with E-state index in [2.05, 4.69) is 48.8 Å². The number of aryl methyl sites for hydroxylation is 1. The van der Waals surface area contributed by atoms with E-state index in [0.717, 1.165) is 6.42 Å². The molecule has 1 heterocycles. The molecule has 1 atom stereocenters. The first-order chi connectivity index (χ1) is 9.26. The van der Waals surface area contributed by atoms with Gasteiger partial charge in [0.05, 0.1) is 11.7 Å². The summed E-state index contributed by atoms with van der Waals surface area (Å²) in [6.45, 7) is 6.70. The number of hydrogen-bond acceptors (Lipinski definition) is 1. The molecule has 0 bridgehead atoms. The summed E-state index contributed by atoms with van der Waals surface area (Å²) in [6, 6.07) is 7.30. The zero-order valence-corrected chi connectivity index (χ0v) is 12.5. The van der Waals surface area contributed by atoms with Gasteiger partial charge in [-0.05, 0) is 43.9 Å². The minimum atomic E-state index is 0.480. The van der Waals surface area contributed by atoms with Crippen LogP contribution in [-0.2, 0) is 6.42 Å². The lowest BCUT2D eigenvalue weighted by molar-refractivity contribution is 0.493. The van der Waals surface area contributed by atoms with Gasteiger partial charge in [0.2, 0.25) is 0 Å². The van der Waals surface area contributed by atoms with Gasteiger partial charge < -0.3 is 0 Å². The molecule has 0 aliphatic heterocycles. The molecule has 1 aromatic heterocycles. The van der Waals surface area contributed by atoms with E-state index < -0.39 is 0 Å². The molecule has 1 unspecified atom stereocenters. The molecule has 2 nitrogen and oxygen atoms in total. The summed E-state index contributed by atoms with van der Waals surface area (Å²) in [5.74, 6) is 0. The van der Waals surface area contributed by atoms with Crippen molar-refractivity contribution >= 4 is 10.9 Å². The van der Waals surface area contributed by atoms with Crippen molar-refractivity contribution in [2.24, 2.45) is 0 Å². The SMILES string of the molecule is CCCCCCc1ccc2c(cnn2C(C)CC)c1. The molecule has 2 heteroatoms. The maximum atomic E-state index is 4.53. The van der Waals surface area contributed by atoms with E-state index in [0.29, 0.717) is 6.04 Å². The summed E-state index contributed by atoms with van der Waals surface area (Å²) in [7, 11) is 0. The monoisotopic (exact) mass is 258 g/mol. The molecular weight excluding hydrogens is 232 g/mol. The molecule has 0 amide bonds. The quantitative estimate of drug-likeness (QED) is 0.629. The zero-order valence-electron chi connectivity index (χ0n) is 12.5. The molecule has 0 N–H and O–H groups in total. The average Bonchev–Trinajstić information content (AvgIpc) is 2.86. The zero-order chi connectivity index (χ0) is 13.7. The molecule has 1 aromatic carbocycles. The van der Waals surface area contributed by atoms with E-state index in [1.807, 2.05) is 6.20 Å². The number of hydrogen-bond donors (Lipinski definition) is 0. The first-order valence-corrected chi connectivity index (χ1v) is 7.72. The Hall–Kier alpha value is -1.31. The number of rotatable bonds is 7. The number of nitrogens with zero attached hydrogens (tertiary/aromatic N) is 2. The summed E-state index contributed by atoms with van der Waals surface area (Å²) in [6.07, 6.45) is 9.64. The predicted molar refractivity (Wildman–Crippen MR) is 82.6 cm³/mol. The molecule has 2 rings (SSSR count). The summed E-state index contributed by atoms with van der Waals surface area (Å²) in [4.78, 5) is 0. The molecule has 0 radical (unpaired) electrons. The minimum absolute atomic E-state index is 0.480. The minimum Gasteiger partial charge on any atom is -0.262 e. The fourth-order valence-electron chi connectivity index (χ4n) is 2.54. The van der Waals surface area contributed by atoms with E-state index >= 15 is 0 Å². The Morgan fingerprint density at radius 2 is 2.00 bits per heavy atom. The second kappa shape index (κ2) is 6.74. The van der Waals surface area contributed by atoms with Crippen LogP contribution in [0, 0.1) is 0 Å². The number of aromatic nitrogens is 2. The smallest absolute Gasteiger partial charge is 0.0685 e. The molecule has 0 aliphatic carbocycles. The molecule has 0 saturated heterocycles. The van der Waals surface area contributed by atoms with E-state index in [1.54, 1.807) is 0 Å². The van der Waals surface area contributed by atoms with Gasteiger partial charge in [0.1, 0.15) is 0 Å². The lowest BCUT2D eigenvalue weighted by Crippen LogP contribution is -2.04. The number of benzene rings is 1. The maximum Gasteiger partial charge on any atom is 0.0685 e. The van der Waals surface area contributed by atoms with Gasteiger partial charge >= 0.3 is 0 Å². The highest BCUT2D eigenvalue weighted by atomic mass is 15.3. The van der Waals surface area contributed by atoms with Crippen molar-refractivity contribution in [3.05, 3.63) is 30.0 Å². The largest absolute Gasteiger partial charge is 0.262 e. The van der Waals surface area contributed by atoms with Crippen molar-refractivity contribution in [3.8, 4) is 0 Å². The van der Waals surface area contributed by atoms with Crippen LogP contribution in [-0.4, -0.2) is 9.78 Å². The van der Waals surface area contributed by atoms with Crippen molar-refractivity contribution in [1.82, 2.24) is 9.78 Å². The highest BCUT2D eigenvalue weighted by Crippen LogP contribution is 2.21. The van der Waals surface area contributed by atoms with Crippen LogP contribution in [0.15, 0.2) is 24.4 Å². The highest BCUT2D eigenvalue weighted by molar-refractivity contribution is 5.79. The van der Waals surface area contributed by atoms with Crippen molar-refractivity contribution in [3.63, 3.8) is 0 Å². The van der Waals surface area contributed by atoms with Gasteiger partial charge in [-0.15, -0.1) is 0 Å². The van der Waals surface area contributed by atoms with Crippen LogP contribution in [0.25, 0.3) is 10.9 Å². The lowest BCUT2D eigenvalue weighted by Gasteiger charge is -2.10. The summed E-state index contributed by atoms with van der Waals surface area (Å²) >= 11 is 0. The fraction of sp³-hybridized carbons (Fsp3) is 0.588. The van der Waals surface area contributed by atoms with Crippen molar-refractivity contribution in [2.45, 2.75) is 65.3 Å². The Bertz CT molecular complexity index is 513. The van der Waals surface area contributed by atoms with E-state index in [1.165, 1.54) is 48.6 Å². The van der Waals surface area contributed by atoms with Gasteiger partial charge in [0.15, 0.2) is 0 Å². The molecule has 104 valence electrons. The maximum absolute atomic E-state index is 4.53. The van der Waals surface area contributed by atoms with Gasteiger partial charge in [0.25, 0.3) is 0 Å². The first kappa shape index (κ1) is 14.1. The third-order valence-corrected chi connectivity index (χ3v) is 3.99. The molecule has 0 saturated carbocycles. The van der Waals surface area contributed by atoms with Crippen LogP contribution >= 0.6 is 0 Å². The second-order valence-corrected chi connectivity index (χ2v) is 5.55. The number of unbranched alkanes of at least 4 members (excludes halogenated alkanes) is 3. The highest BCUT2D eigenvalue weighted by Gasteiger charge is 2.08. The summed E-state index contributed by atoms with van der Waals surface area (Å²) in [5.41, 5.74) is 2.72. The van der Waals surface area contributed by atoms with Gasteiger partial charge in [0, 0.05) is 11.4 Å². The van der Waals surface area contributed by atoms with Gasteiger partial charge in [-0.25, -0.2) is 0 Å². The summed E-state index contributed by atoms with van der Waals surface area (Å²) < 4.78 is 2.15. The van der Waals surface area contributed by atoms with Gasteiger partial charge in [-0.1, -0.05) is 39.2 Å². The molecule has 0 fully saturated rings. The molecule has 0 spiro atoms. The van der Waals surface area contributed by atoms with E-state index in [4.69, 9.17) is 0 Å². The van der Waals surface area contributed by atoms with Crippen LogP contribution in [0.4, 0.5) is 0 Å². The number of fused-ring (bicyclic) bond motifs is 1. The van der Waals surface area contributed by atoms with Crippen LogP contribution in [0.1, 0.15) is 64.5 Å². The lowest BCUT2D eigenvalue weighted by atomic mass is 10.0. The molecular formula is C17H26N2. The molecule has 0 aliphatic rings. The van der Waals surface area contributed by atoms with E-state index in [9.17, 15) is 0 Å². The topological polar surface area (TPSA) is 17.8 Å². The first-order valence-electron chi connectivity index (χ1n) is 7.72. The molecule has 19 heavy (non-hydrogen) atoms. The van der Waals surface area contributed by atoms with E-state index in [-0.39, 0.29) is 0 Å². The Labute approximate surface area is 116 Å². The fourth-order valence-corrected chi connectivity index (χ4v) is 2.54. The van der Waals surface area contributed by atoms with Crippen LogP contribution in [0.3, 0.4) is 0 Å². The standard InChI is InChI=1S/C17H26N2/c1-4-6-7-8-9-15-10-11-17-16(12-15)13-18-19(17)14(3)5-2/h10-14H,4-9H2,1-3H3. The Balaban J connectivity index is 2.09. The normalized spacial score (nSPS) is 13.0. The summed E-state index contributed by atoms with van der Waals surface area (Å²) in [5, 5.41) is 5.82. The van der Waals surface area contributed by atoms with Crippen molar-refractivity contribution < 1.29 is 0 Å².